The third-order valence-electron chi connectivity index (χ3n) is 5.83. The number of carbonyl (C=O) groups is 1. The van der Waals surface area contributed by atoms with Crippen LogP contribution in [0, 0.1) is 0 Å². The van der Waals surface area contributed by atoms with Crippen LogP contribution in [0.5, 0.6) is 5.75 Å². The predicted molar refractivity (Wildman–Crippen MR) is 117 cm³/mol. The van der Waals surface area contributed by atoms with Gasteiger partial charge in [0.05, 0.1) is 23.7 Å². The molecule has 5 nitrogen and oxygen atoms in total. The average Bonchev–Trinajstić information content (AvgIpc) is 3.06. The van der Waals surface area contributed by atoms with Gasteiger partial charge in [-0.25, -0.2) is 4.79 Å². The number of benzene rings is 2. The van der Waals surface area contributed by atoms with Crippen molar-refractivity contribution in [3.63, 3.8) is 0 Å². The number of anilines is 1. The number of unbranched alkanes of at least 4 members (excludes halogenated alkanes) is 1. The second kappa shape index (κ2) is 10.8. The molecule has 0 spiro atoms. The van der Waals surface area contributed by atoms with E-state index in [1.807, 2.05) is 6.92 Å². The first-order valence-corrected chi connectivity index (χ1v) is 11.4. The van der Waals surface area contributed by atoms with Crippen LogP contribution < -0.4 is 10.1 Å². The summed E-state index contributed by atoms with van der Waals surface area (Å²) >= 11 is 0. The van der Waals surface area contributed by atoms with Gasteiger partial charge < -0.3 is 14.8 Å². The Morgan fingerprint density at radius 3 is 2.08 bits per heavy atom. The zero-order valence-corrected chi connectivity index (χ0v) is 20.0. The lowest BCUT2D eigenvalue weighted by Crippen LogP contribution is -2.32. The molecule has 1 fully saturated rings. The first-order valence-electron chi connectivity index (χ1n) is 11.4. The lowest BCUT2D eigenvalue weighted by molar-refractivity contribution is -0.274. The van der Waals surface area contributed by atoms with Crippen LogP contribution in [0.1, 0.15) is 55.0 Å². The van der Waals surface area contributed by atoms with Crippen molar-refractivity contribution in [3.8, 4) is 5.75 Å². The molecule has 14 heteroatoms. The quantitative estimate of drug-likeness (QED) is 0.264. The monoisotopic (exact) mass is 558 g/mol. The lowest BCUT2D eigenvalue weighted by Gasteiger charge is -2.24. The number of hydrogen-bond donors (Lipinski definition) is 1. The molecule has 2 aromatic rings. The smallest absolute Gasteiger partial charge is 0.439 e. The maximum absolute atomic E-state index is 13.3. The van der Waals surface area contributed by atoms with Crippen LogP contribution in [-0.4, -0.2) is 29.9 Å². The zero-order chi connectivity index (χ0) is 28.5. The molecule has 0 aliphatic carbocycles. The summed E-state index contributed by atoms with van der Waals surface area (Å²) < 4.78 is 127. The molecule has 1 heterocycles. The number of halogens is 9. The molecular formula is C24H23F9N2O3. The van der Waals surface area contributed by atoms with E-state index in [2.05, 4.69) is 10.1 Å². The molecule has 38 heavy (non-hydrogen) atoms. The van der Waals surface area contributed by atoms with Crippen molar-refractivity contribution in [2.24, 2.45) is 0 Å². The topological polar surface area (TPSA) is 50.8 Å². The number of cyclic esters (lactones) is 1. The van der Waals surface area contributed by atoms with E-state index in [9.17, 15) is 44.3 Å². The minimum absolute atomic E-state index is 0.0386. The molecule has 0 saturated carbocycles. The van der Waals surface area contributed by atoms with Crippen LogP contribution >= 0.6 is 0 Å². The first kappa shape index (κ1) is 29.2. The number of alkyl halides is 9. The van der Waals surface area contributed by atoms with Crippen LogP contribution in [0.2, 0.25) is 0 Å². The Hall–Kier alpha value is -3.32. The molecule has 1 N–H and O–H groups in total. The van der Waals surface area contributed by atoms with Crippen LogP contribution in [0.4, 0.5) is 50.0 Å². The van der Waals surface area contributed by atoms with Gasteiger partial charge >= 0.3 is 24.8 Å². The highest BCUT2D eigenvalue weighted by atomic mass is 19.4. The van der Waals surface area contributed by atoms with Crippen molar-refractivity contribution in [2.75, 3.05) is 11.9 Å². The third kappa shape index (κ3) is 7.16. The number of nitrogens with zero attached hydrogens (tertiary/aromatic N) is 1. The van der Waals surface area contributed by atoms with Crippen molar-refractivity contribution < 1.29 is 53.8 Å². The highest BCUT2D eigenvalue weighted by Crippen LogP contribution is 2.41. The summed E-state index contributed by atoms with van der Waals surface area (Å²) in [7, 11) is 0. The Morgan fingerprint density at radius 2 is 1.55 bits per heavy atom. The van der Waals surface area contributed by atoms with Crippen molar-refractivity contribution >= 4 is 11.8 Å². The fourth-order valence-electron chi connectivity index (χ4n) is 3.96. The van der Waals surface area contributed by atoms with E-state index in [-0.39, 0.29) is 18.2 Å². The van der Waals surface area contributed by atoms with E-state index >= 15 is 0 Å². The van der Waals surface area contributed by atoms with Crippen molar-refractivity contribution in [1.82, 2.24) is 4.90 Å². The number of rotatable bonds is 8. The van der Waals surface area contributed by atoms with Crippen molar-refractivity contribution in [3.05, 3.63) is 58.7 Å². The SMILES string of the molecule is CCCCNc1ccc(OC(F)(F)F)cc1CN1C(=O)O[C@H](c2cc(C(F)(F)F)cc(C(F)(F)F)c2)[C@@H]1C. The summed E-state index contributed by atoms with van der Waals surface area (Å²) in [4.78, 5) is 13.7. The summed E-state index contributed by atoms with van der Waals surface area (Å²) in [6.07, 6.45) is -16.2. The minimum atomic E-state index is -5.10. The van der Waals surface area contributed by atoms with Gasteiger partial charge in [0.2, 0.25) is 0 Å². The molecule has 1 amide bonds. The van der Waals surface area contributed by atoms with E-state index < -0.39 is 59.4 Å². The number of nitrogens with one attached hydrogen (secondary N) is 1. The summed E-state index contributed by atoms with van der Waals surface area (Å²) in [6, 6.07) is 3.28. The molecule has 210 valence electrons. The van der Waals surface area contributed by atoms with E-state index in [1.165, 1.54) is 13.0 Å². The highest BCUT2D eigenvalue weighted by molar-refractivity contribution is 5.72. The van der Waals surface area contributed by atoms with Crippen LogP contribution in [0.3, 0.4) is 0 Å². The Morgan fingerprint density at radius 1 is 0.947 bits per heavy atom. The third-order valence-corrected chi connectivity index (χ3v) is 5.83. The minimum Gasteiger partial charge on any atom is -0.439 e. The Bertz CT molecular complexity index is 1110. The molecule has 2 atom stereocenters. The maximum Gasteiger partial charge on any atom is 0.573 e. The molecule has 1 aliphatic heterocycles. The van der Waals surface area contributed by atoms with Gasteiger partial charge in [0, 0.05) is 12.2 Å². The molecule has 0 radical (unpaired) electrons. The fraction of sp³-hybridized carbons (Fsp3) is 0.458. The highest BCUT2D eigenvalue weighted by Gasteiger charge is 2.43. The van der Waals surface area contributed by atoms with Gasteiger partial charge in [0.1, 0.15) is 11.9 Å². The number of hydrogen-bond acceptors (Lipinski definition) is 4. The van der Waals surface area contributed by atoms with Gasteiger partial charge in [-0.05, 0) is 60.9 Å². The Kier molecular flexibility index (Phi) is 8.32. The van der Waals surface area contributed by atoms with E-state index in [1.54, 1.807) is 0 Å². The Balaban J connectivity index is 1.95. The van der Waals surface area contributed by atoms with Gasteiger partial charge in [-0.15, -0.1) is 13.2 Å². The van der Waals surface area contributed by atoms with Crippen LogP contribution in [0.15, 0.2) is 36.4 Å². The lowest BCUT2D eigenvalue weighted by atomic mass is 9.97. The number of carbonyl (C=O) groups excluding carboxylic acids is 1. The Labute approximate surface area is 211 Å². The molecule has 2 aromatic carbocycles. The van der Waals surface area contributed by atoms with E-state index in [4.69, 9.17) is 4.74 Å². The number of ether oxygens (including phenoxy) is 2. The van der Waals surface area contributed by atoms with Crippen molar-refractivity contribution in [1.29, 1.82) is 0 Å². The molecular weight excluding hydrogens is 535 g/mol. The molecule has 3 rings (SSSR count). The van der Waals surface area contributed by atoms with Crippen LogP contribution in [-0.2, 0) is 23.6 Å². The molecule has 1 aliphatic rings. The fourth-order valence-corrected chi connectivity index (χ4v) is 3.96. The summed E-state index contributed by atoms with van der Waals surface area (Å²) in [6.45, 7) is 3.37. The average molecular weight is 558 g/mol. The second-order valence-corrected chi connectivity index (χ2v) is 8.66. The van der Waals surface area contributed by atoms with Gasteiger partial charge in [0.15, 0.2) is 0 Å². The molecule has 0 bridgehead atoms. The maximum atomic E-state index is 13.3. The van der Waals surface area contributed by atoms with E-state index in [0.717, 1.165) is 29.9 Å². The molecule has 1 saturated heterocycles. The molecule has 0 aromatic heterocycles. The standard InChI is InChI=1S/C24H23F9N2O3/c1-3-4-7-34-19-6-5-18(38-24(31,32)33)10-15(19)12-35-13(2)20(37-21(35)36)14-8-16(22(25,26)27)11-17(9-14)23(28,29)30/h5-6,8-11,13,20,34H,3-4,7,12H2,1-2H3/t13-,20-/m0/s1. The van der Waals surface area contributed by atoms with Gasteiger partial charge in [-0.2, -0.15) is 26.3 Å². The number of amides is 1. The second-order valence-electron chi connectivity index (χ2n) is 8.66. The van der Waals surface area contributed by atoms with Gasteiger partial charge in [0.25, 0.3) is 0 Å². The van der Waals surface area contributed by atoms with Gasteiger partial charge in [-0.1, -0.05) is 13.3 Å². The van der Waals surface area contributed by atoms with Crippen LogP contribution in [0.25, 0.3) is 0 Å². The van der Waals surface area contributed by atoms with Crippen molar-refractivity contribution in [2.45, 2.75) is 64.1 Å². The summed E-state index contributed by atoms with van der Waals surface area (Å²) in [5.74, 6) is -0.571. The summed E-state index contributed by atoms with van der Waals surface area (Å²) in [5, 5.41) is 3.03. The largest absolute Gasteiger partial charge is 0.573 e. The summed E-state index contributed by atoms with van der Waals surface area (Å²) in [5.41, 5.74) is -3.11. The predicted octanol–water partition coefficient (Wildman–Crippen LogP) is 7.92. The molecule has 0 unspecified atom stereocenters. The first-order chi connectivity index (χ1) is 17.5. The zero-order valence-electron chi connectivity index (χ0n) is 20.0. The normalized spacial score (nSPS) is 18.5. The van der Waals surface area contributed by atoms with Gasteiger partial charge in [-0.3, -0.25) is 4.90 Å². The van der Waals surface area contributed by atoms with E-state index in [0.29, 0.717) is 24.4 Å².